The lowest BCUT2D eigenvalue weighted by Gasteiger charge is -2.35. The summed E-state index contributed by atoms with van der Waals surface area (Å²) in [5, 5.41) is 21.3. The van der Waals surface area contributed by atoms with Gasteiger partial charge in [0.05, 0.1) is 18.1 Å². The molecule has 0 radical (unpaired) electrons. The topological polar surface area (TPSA) is 90.4 Å². The van der Waals surface area contributed by atoms with Crippen molar-refractivity contribution in [1.29, 1.82) is 5.26 Å². The van der Waals surface area contributed by atoms with Crippen molar-refractivity contribution < 1.29 is 4.79 Å². The molecule has 1 aliphatic heterocycles. The van der Waals surface area contributed by atoms with Crippen molar-refractivity contribution in [1.82, 2.24) is 24.7 Å². The van der Waals surface area contributed by atoms with Gasteiger partial charge in [0, 0.05) is 26.2 Å². The van der Waals surface area contributed by atoms with E-state index in [4.69, 9.17) is 5.26 Å². The van der Waals surface area contributed by atoms with E-state index in [9.17, 15) is 4.79 Å². The molecule has 1 fully saturated rings. The van der Waals surface area contributed by atoms with E-state index >= 15 is 0 Å². The van der Waals surface area contributed by atoms with Crippen LogP contribution in [-0.2, 0) is 11.2 Å². The molecule has 8 nitrogen and oxygen atoms in total. The number of carbonyl (C=O) groups is 1. The third-order valence-corrected chi connectivity index (χ3v) is 4.52. The van der Waals surface area contributed by atoms with Gasteiger partial charge in [0.15, 0.2) is 5.65 Å². The number of hydrogen-bond donors (Lipinski definition) is 0. The van der Waals surface area contributed by atoms with Crippen LogP contribution in [0.4, 0.5) is 5.82 Å². The molecule has 3 aromatic rings. The van der Waals surface area contributed by atoms with Crippen LogP contribution in [0.1, 0.15) is 11.1 Å². The molecule has 0 aliphatic carbocycles. The second-order valence-corrected chi connectivity index (χ2v) is 6.18. The van der Waals surface area contributed by atoms with Gasteiger partial charge in [-0.3, -0.25) is 4.79 Å². The van der Waals surface area contributed by atoms with Crippen molar-refractivity contribution in [2.75, 3.05) is 31.1 Å². The first-order valence-electron chi connectivity index (χ1n) is 8.42. The van der Waals surface area contributed by atoms with E-state index in [2.05, 4.69) is 26.3 Å². The predicted molar refractivity (Wildman–Crippen MR) is 94.4 cm³/mol. The summed E-state index contributed by atoms with van der Waals surface area (Å²) < 4.78 is 1.65. The molecule has 2 aromatic heterocycles. The second-order valence-electron chi connectivity index (χ2n) is 6.18. The molecule has 1 aliphatic rings. The molecule has 0 saturated carbocycles. The van der Waals surface area contributed by atoms with Crippen molar-refractivity contribution in [3.05, 3.63) is 53.9 Å². The van der Waals surface area contributed by atoms with Crippen LogP contribution < -0.4 is 4.90 Å². The number of rotatable bonds is 3. The van der Waals surface area contributed by atoms with Gasteiger partial charge in [-0.1, -0.05) is 12.1 Å². The minimum absolute atomic E-state index is 0.0851. The Balaban J connectivity index is 1.38. The van der Waals surface area contributed by atoms with Crippen LogP contribution >= 0.6 is 0 Å². The van der Waals surface area contributed by atoms with Gasteiger partial charge in [-0.05, 0) is 29.8 Å². The van der Waals surface area contributed by atoms with Crippen molar-refractivity contribution in [3.63, 3.8) is 0 Å². The van der Waals surface area contributed by atoms with Gasteiger partial charge in [-0.15, -0.1) is 15.3 Å². The first-order chi connectivity index (χ1) is 12.7. The summed E-state index contributed by atoms with van der Waals surface area (Å²) in [6, 6.07) is 13.1. The molecule has 130 valence electrons. The Hall–Kier alpha value is -3.47. The minimum atomic E-state index is 0.0851. The van der Waals surface area contributed by atoms with E-state index in [-0.39, 0.29) is 5.91 Å². The molecule has 0 N–H and O–H groups in total. The highest BCUT2D eigenvalue weighted by Gasteiger charge is 2.22. The van der Waals surface area contributed by atoms with E-state index in [1.807, 2.05) is 29.2 Å². The molecule has 1 saturated heterocycles. The van der Waals surface area contributed by atoms with Gasteiger partial charge in [-0.2, -0.15) is 9.78 Å². The van der Waals surface area contributed by atoms with Crippen molar-refractivity contribution in [3.8, 4) is 6.07 Å². The fourth-order valence-corrected chi connectivity index (χ4v) is 3.11. The molecular weight excluding hydrogens is 330 g/mol. The zero-order valence-corrected chi connectivity index (χ0v) is 14.1. The lowest BCUT2D eigenvalue weighted by molar-refractivity contribution is -0.130. The van der Waals surface area contributed by atoms with Crippen LogP contribution in [0.3, 0.4) is 0 Å². The molecular formula is C18H17N7O. The highest BCUT2D eigenvalue weighted by molar-refractivity contribution is 5.79. The maximum atomic E-state index is 12.5. The molecule has 26 heavy (non-hydrogen) atoms. The van der Waals surface area contributed by atoms with Crippen LogP contribution in [0.25, 0.3) is 5.65 Å². The molecule has 1 aromatic carbocycles. The van der Waals surface area contributed by atoms with Crippen LogP contribution in [0.5, 0.6) is 0 Å². The normalized spacial score (nSPS) is 14.4. The summed E-state index contributed by atoms with van der Waals surface area (Å²) in [6.45, 7) is 2.76. The van der Waals surface area contributed by atoms with Gasteiger partial charge in [0.2, 0.25) is 5.91 Å². The molecule has 3 heterocycles. The molecule has 4 rings (SSSR count). The lowest BCUT2D eigenvalue weighted by Crippen LogP contribution is -2.49. The molecule has 0 atom stereocenters. The smallest absolute Gasteiger partial charge is 0.227 e. The fraction of sp³-hybridized carbons (Fsp3) is 0.278. The Kier molecular flexibility index (Phi) is 4.19. The van der Waals surface area contributed by atoms with E-state index < -0.39 is 0 Å². The monoisotopic (exact) mass is 347 g/mol. The Bertz CT molecular complexity index is 982. The van der Waals surface area contributed by atoms with Crippen LogP contribution in [-0.4, -0.2) is 56.8 Å². The summed E-state index contributed by atoms with van der Waals surface area (Å²) in [5.74, 6) is 0.938. The number of anilines is 1. The SMILES string of the molecule is N#Cc1cccc(CC(=O)N2CCN(c3ccc4nncn4n3)CC2)c1. The third-order valence-electron chi connectivity index (χ3n) is 4.52. The van der Waals surface area contributed by atoms with E-state index in [0.717, 1.165) is 24.5 Å². The molecule has 1 amide bonds. The number of fused-ring (bicyclic) bond motifs is 1. The van der Waals surface area contributed by atoms with Gasteiger partial charge in [0.25, 0.3) is 0 Å². The van der Waals surface area contributed by atoms with Crippen LogP contribution in [0, 0.1) is 11.3 Å². The summed E-state index contributed by atoms with van der Waals surface area (Å²) in [6.07, 6.45) is 1.90. The average molecular weight is 347 g/mol. The van der Waals surface area contributed by atoms with Crippen LogP contribution in [0.15, 0.2) is 42.7 Å². The zero-order valence-electron chi connectivity index (χ0n) is 14.1. The number of hydrogen-bond acceptors (Lipinski definition) is 6. The van der Waals surface area contributed by atoms with E-state index in [1.54, 1.807) is 23.0 Å². The molecule has 0 bridgehead atoms. The maximum Gasteiger partial charge on any atom is 0.227 e. The number of amides is 1. The average Bonchev–Trinajstić information content (AvgIpc) is 3.16. The number of benzene rings is 1. The predicted octanol–water partition coefficient (Wildman–Crippen LogP) is 0.887. The van der Waals surface area contributed by atoms with Crippen molar-refractivity contribution >= 4 is 17.4 Å². The standard InChI is InChI=1S/C18H17N7O/c19-12-15-3-1-2-14(10-15)11-18(26)24-8-6-23(7-9-24)17-5-4-16-21-20-13-25(16)22-17/h1-5,10,13H,6-9,11H2. The van der Waals surface area contributed by atoms with Gasteiger partial charge >= 0.3 is 0 Å². The van der Waals surface area contributed by atoms with Gasteiger partial charge in [0.1, 0.15) is 12.1 Å². The van der Waals surface area contributed by atoms with Crippen LogP contribution in [0.2, 0.25) is 0 Å². The summed E-state index contributed by atoms with van der Waals surface area (Å²) >= 11 is 0. The number of carbonyl (C=O) groups excluding carboxylic acids is 1. The molecule has 8 heteroatoms. The number of nitriles is 1. The number of aromatic nitrogens is 4. The second kappa shape index (κ2) is 6.80. The first kappa shape index (κ1) is 16.0. The van der Waals surface area contributed by atoms with Crippen molar-refractivity contribution in [2.45, 2.75) is 6.42 Å². The zero-order chi connectivity index (χ0) is 17.9. The van der Waals surface area contributed by atoms with Crippen molar-refractivity contribution in [2.24, 2.45) is 0 Å². The summed E-state index contributed by atoms with van der Waals surface area (Å²) in [5.41, 5.74) is 2.16. The quantitative estimate of drug-likeness (QED) is 0.699. The first-order valence-corrected chi connectivity index (χ1v) is 8.42. The Morgan fingerprint density at radius 1 is 1.15 bits per heavy atom. The molecule has 0 unspecified atom stereocenters. The molecule has 0 spiro atoms. The maximum absolute atomic E-state index is 12.5. The fourth-order valence-electron chi connectivity index (χ4n) is 3.11. The Morgan fingerprint density at radius 2 is 2.00 bits per heavy atom. The Morgan fingerprint density at radius 3 is 2.81 bits per heavy atom. The number of piperazine rings is 1. The summed E-state index contributed by atoms with van der Waals surface area (Å²) in [7, 11) is 0. The lowest BCUT2D eigenvalue weighted by atomic mass is 10.1. The van der Waals surface area contributed by atoms with Gasteiger partial charge < -0.3 is 9.80 Å². The highest BCUT2D eigenvalue weighted by atomic mass is 16.2. The Labute approximate surface area is 150 Å². The number of nitrogens with zero attached hydrogens (tertiary/aromatic N) is 7. The highest BCUT2D eigenvalue weighted by Crippen LogP contribution is 2.15. The van der Waals surface area contributed by atoms with Gasteiger partial charge in [-0.25, -0.2) is 0 Å². The largest absolute Gasteiger partial charge is 0.352 e. The summed E-state index contributed by atoms with van der Waals surface area (Å²) in [4.78, 5) is 16.6. The van der Waals surface area contributed by atoms with E-state index in [1.165, 1.54) is 0 Å². The third kappa shape index (κ3) is 3.19. The van der Waals surface area contributed by atoms with E-state index in [0.29, 0.717) is 30.7 Å². The minimum Gasteiger partial charge on any atom is -0.352 e.